The van der Waals surface area contributed by atoms with Crippen molar-refractivity contribution >= 4 is 20.2 Å². The number of ketones is 1. The van der Waals surface area contributed by atoms with Gasteiger partial charge in [-0.25, -0.2) is 0 Å². The van der Waals surface area contributed by atoms with E-state index in [0.717, 1.165) is 5.56 Å². The highest BCUT2D eigenvalue weighted by Gasteiger charge is 2.40. The van der Waals surface area contributed by atoms with Crippen molar-refractivity contribution in [3.05, 3.63) is 47.8 Å². The van der Waals surface area contributed by atoms with E-state index in [0.29, 0.717) is 5.57 Å². The van der Waals surface area contributed by atoms with Crippen LogP contribution in [0, 0.1) is 0 Å². The van der Waals surface area contributed by atoms with E-state index in [4.69, 9.17) is 4.43 Å². The first-order chi connectivity index (χ1) is 9.71. The monoisotopic (exact) mass is 301 g/mol. The van der Waals surface area contributed by atoms with Crippen LogP contribution in [0.1, 0.15) is 26.3 Å². The number of aromatic nitrogens is 1. The summed E-state index contributed by atoms with van der Waals surface area (Å²) in [7, 11) is -1.92. The van der Waals surface area contributed by atoms with Crippen LogP contribution in [-0.2, 0) is 9.22 Å². The molecule has 21 heavy (non-hydrogen) atoms. The Bertz CT molecular complexity index is 583. The first-order valence-corrected chi connectivity index (χ1v) is 10.1. The van der Waals surface area contributed by atoms with E-state index in [9.17, 15) is 4.79 Å². The van der Waals surface area contributed by atoms with Crippen LogP contribution < -0.4 is 0 Å². The average Bonchev–Trinajstić information content (AvgIpc) is 2.71. The predicted molar refractivity (Wildman–Crippen MR) is 88.4 cm³/mol. The van der Waals surface area contributed by atoms with Gasteiger partial charge in [0.2, 0.25) is 0 Å². The van der Waals surface area contributed by atoms with Crippen molar-refractivity contribution in [2.24, 2.45) is 0 Å². The molecular formula is C17H23NO2Si. The smallest absolute Gasteiger partial charge is 0.193 e. The van der Waals surface area contributed by atoms with E-state index in [1.165, 1.54) is 0 Å². The summed E-state index contributed by atoms with van der Waals surface area (Å²) in [6, 6.07) is 3.80. The average molecular weight is 301 g/mol. The summed E-state index contributed by atoms with van der Waals surface area (Å²) in [5.41, 5.74) is 1.63. The van der Waals surface area contributed by atoms with Crippen LogP contribution in [0.5, 0.6) is 0 Å². The van der Waals surface area contributed by atoms with Crippen LogP contribution >= 0.6 is 0 Å². The number of allylic oxidation sites excluding steroid dienone is 1. The van der Waals surface area contributed by atoms with Crippen molar-refractivity contribution in [1.29, 1.82) is 0 Å². The van der Waals surface area contributed by atoms with Crippen molar-refractivity contribution in [2.45, 2.75) is 45.0 Å². The Labute approximate surface area is 127 Å². The van der Waals surface area contributed by atoms with E-state index in [2.05, 4.69) is 38.8 Å². The highest BCUT2D eigenvalue weighted by molar-refractivity contribution is 6.74. The van der Waals surface area contributed by atoms with Crippen molar-refractivity contribution in [3.63, 3.8) is 0 Å². The van der Waals surface area contributed by atoms with Gasteiger partial charge in [0.05, 0.1) is 6.10 Å². The molecule has 1 aromatic heterocycles. The van der Waals surface area contributed by atoms with Gasteiger partial charge >= 0.3 is 0 Å². The SMILES string of the molecule is CC(C)(C)[Si](C)(C)OC1C=CC(=O)/C1=C\c1cccnc1. The fraction of sp³-hybridized carbons (Fsp3) is 0.412. The highest BCUT2D eigenvalue weighted by Crippen LogP contribution is 2.39. The summed E-state index contributed by atoms with van der Waals surface area (Å²) in [6.07, 6.45) is 8.60. The van der Waals surface area contributed by atoms with Crippen molar-refractivity contribution in [3.8, 4) is 0 Å². The lowest BCUT2D eigenvalue weighted by atomic mass is 10.1. The number of hydrogen-bond acceptors (Lipinski definition) is 3. The summed E-state index contributed by atoms with van der Waals surface area (Å²) in [4.78, 5) is 16.2. The zero-order chi connectivity index (χ0) is 15.7. The lowest BCUT2D eigenvalue weighted by molar-refractivity contribution is -0.111. The molecule has 1 aromatic rings. The van der Waals surface area contributed by atoms with E-state index in [1.54, 1.807) is 18.5 Å². The van der Waals surface area contributed by atoms with Crippen LogP contribution in [0.2, 0.25) is 18.1 Å². The Morgan fingerprint density at radius 2 is 2.05 bits per heavy atom. The maximum absolute atomic E-state index is 12.1. The Morgan fingerprint density at radius 1 is 1.33 bits per heavy atom. The second kappa shape index (κ2) is 5.70. The van der Waals surface area contributed by atoms with Crippen LogP contribution in [0.15, 0.2) is 42.3 Å². The molecule has 0 spiro atoms. The molecule has 0 radical (unpaired) electrons. The zero-order valence-corrected chi connectivity index (χ0v) is 14.4. The highest BCUT2D eigenvalue weighted by atomic mass is 28.4. The standard InChI is InChI=1S/C17H23NO2Si/c1-17(2,3)21(4,5)20-16-9-8-15(19)14(16)11-13-7-6-10-18-12-13/h6-12,16H,1-5H3/b14-11+. The van der Waals surface area contributed by atoms with Crippen LogP contribution in [0.4, 0.5) is 0 Å². The van der Waals surface area contributed by atoms with E-state index < -0.39 is 8.32 Å². The van der Waals surface area contributed by atoms with Gasteiger partial charge in [0.25, 0.3) is 0 Å². The van der Waals surface area contributed by atoms with Gasteiger partial charge in [-0.1, -0.05) is 26.8 Å². The second-order valence-electron chi connectivity index (χ2n) is 6.91. The molecule has 0 amide bonds. The molecule has 0 aliphatic heterocycles. The second-order valence-corrected chi connectivity index (χ2v) is 11.7. The molecule has 1 atom stereocenters. The zero-order valence-electron chi connectivity index (χ0n) is 13.4. The summed E-state index contributed by atoms with van der Waals surface area (Å²) in [5, 5.41) is 0.117. The Morgan fingerprint density at radius 3 is 2.62 bits per heavy atom. The fourth-order valence-electron chi connectivity index (χ4n) is 1.91. The maximum Gasteiger partial charge on any atom is 0.193 e. The van der Waals surface area contributed by atoms with Gasteiger partial charge < -0.3 is 4.43 Å². The predicted octanol–water partition coefficient (Wildman–Crippen LogP) is 3.99. The molecule has 1 aliphatic rings. The number of hydrogen-bond donors (Lipinski definition) is 0. The maximum atomic E-state index is 12.1. The molecule has 1 aliphatic carbocycles. The van der Waals surface area contributed by atoms with Crippen LogP contribution in [-0.4, -0.2) is 25.2 Å². The van der Waals surface area contributed by atoms with Crippen LogP contribution in [0.3, 0.4) is 0 Å². The van der Waals surface area contributed by atoms with Gasteiger partial charge in [-0.15, -0.1) is 0 Å². The number of carbonyl (C=O) groups is 1. The molecule has 0 saturated heterocycles. The quantitative estimate of drug-likeness (QED) is 0.626. The third-order valence-corrected chi connectivity index (χ3v) is 8.70. The van der Waals surface area contributed by atoms with Crippen molar-refractivity contribution < 1.29 is 9.22 Å². The normalized spacial score (nSPS) is 21.3. The summed E-state index contributed by atoms with van der Waals surface area (Å²) in [6.45, 7) is 11.0. The Balaban J connectivity index is 2.26. The van der Waals surface area contributed by atoms with Gasteiger partial charge in [0.1, 0.15) is 0 Å². The third-order valence-electron chi connectivity index (χ3n) is 4.25. The fourth-order valence-corrected chi connectivity index (χ4v) is 3.10. The van der Waals surface area contributed by atoms with Gasteiger partial charge in [0.15, 0.2) is 14.1 Å². The lowest BCUT2D eigenvalue weighted by Gasteiger charge is -2.38. The summed E-state index contributed by atoms with van der Waals surface area (Å²) >= 11 is 0. The molecule has 0 saturated carbocycles. The molecule has 0 bridgehead atoms. The van der Waals surface area contributed by atoms with Crippen LogP contribution in [0.25, 0.3) is 6.08 Å². The van der Waals surface area contributed by atoms with E-state index in [-0.39, 0.29) is 16.9 Å². The molecule has 4 heteroatoms. The van der Waals surface area contributed by atoms with E-state index in [1.807, 2.05) is 24.3 Å². The molecule has 2 rings (SSSR count). The van der Waals surface area contributed by atoms with Crippen molar-refractivity contribution in [1.82, 2.24) is 4.98 Å². The number of pyridine rings is 1. The first kappa shape index (κ1) is 15.9. The molecule has 0 aromatic carbocycles. The molecule has 1 unspecified atom stereocenters. The Hall–Kier alpha value is -1.52. The molecular weight excluding hydrogens is 278 g/mol. The van der Waals surface area contributed by atoms with Gasteiger partial charge in [0, 0.05) is 18.0 Å². The lowest BCUT2D eigenvalue weighted by Crippen LogP contribution is -2.43. The van der Waals surface area contributed by atoms with Gasteiger partial charge in [-0.2, -0.15) is 0 Å². The minimum Gasteiger partial charge on any atom is -0.406 e. The summed E-state index contributed by atoms with van der Waals surface area (Å²) in [5.74, 6) is 0.0302. The van der Waals surface area contributed by atoms with E-state index >= 15 is 0 Å². The molecule has 0 N–H and O–H groups in total. The molecule has 0 fully saturated rings. The minimum atomic E-state index is -1.92. The Kier molecular flexibility index (Phi) is 4.30. The summed E-state index contributed by atoms with van der Waals surface area (Å²) < 4.78 is 6.36. The number of nitrogens with zero attached hydrogens (tertiary/aromatic N) is 1. The molecule has 3 nitrogen and oxygen atoms in total. The number of rotatable bonds is 3. The van der Waals surface area contributed by atoms with Gasteiger partial charge in [-0.05, 0) is 48.0 Å². The third kappa shape index (κ3) is 3.57. The topological polar surface area (TPSA) is 39.2 Å². The molecule has 1 heterocycles. The first-order valence-electron chi connectivity index (χ1n) is 7.23. The van der Waals surface area contributed by atoms with Crippen molar-refractivity contribution in [2.75, 3.05) is 0 Å². The van der Waals surface area contributed by atoms with Gasteiger partial charge in [-0.3, -0.25) is 9.78 Å². The number of carbonyl (C=O) groups excluding carboxylic acids is 1. The largest absolute Gasteiger partial charge is 0.406 e. The minimum absolute atomic E-state index is 0.0302. The molecule has 112 valence electrons.